The molecule has 0 saturated heterocycles. The predicted molar refractivity (Wildman–Crippen MR) is 79.5 cm³/mol. The Bertz CT molecular complexity index is 476. The molecule has 1 unspecified atom stereocenters. The third-order valence-corrected chi connectivity index (χ3v) is 3.24. The second-order valence-electron chi connectivity index (χ2n) is 4.85. The molecule has 1 aromatic carbocycles. The van der Waals surface area contributed by atoms with Crippen LogP contribution in [0, 0.1) is 0 Å². The smallest absolute Gasteiger partial charge is 0.0645 e. The van der Waals surface area contributed by atoms with E-state index in [1.54, 1.807) is 0 Å². The SMILES string of the molecule is CCCNC(CCC)c1cnn(-c2ccccc2)c1. The number of aromatic nitrogens is 2. The Kier molecular flexibility index (Phi) is 5.16. The molecule has 0 radical (unpaired) electrons. The van der Waals surface area contributed by atoms with Crippen LogP contribution >= 0.6 is 0 Å². The monoisotopic (exact) mass is 257 g/mol. The van der Waals surface area contributed by atoms with Crippen LogP contribution in [0.15, 0.2) is 42.7 Å². The van der Waals surface area contributed by atoms with Crippen molar-refractivity contribution in [3.63, 3.8) is 0 Å². The van der Waals surface area contributed by atoms with Gasteiger partial charge in [-0.3, -0.25) is 0 Å². The van der Waals surface area contributed by atoms with Crippen molar-refractivity contribution in [2.75, 3.05) is 6.54 Å². The molecule has 102 valence electrons. The van der Waals surface area contributed by atoms with E-state index in [0.29, 0.717) is 6.04 Å². The first kappa shape index (κ1) is 13.8. The van der Waals surface area contributed by atoms with Gasteiger partial charge in [-0.15, -0.1) is 0 Å². The Balaban J connectivity index is 2.14. The van der Waals surface area contributed by atoms with Gasteiger partial charge in [0.15, 0.2) is 0 Å². The van der Waals surface area contributed by atoms with E-state index in [-0.39, 0.29) is 0 Å². The Morgan fingerprint density at radius 3 is 2.63 bits per heavy atom. The first-order valence-corrected chi connectivity index (χ1v) is 7.18. The quantitative estimate of drug-likeness (QED) is 0.819. The number of nitrogens with one attached hydrogen (secondary N) is 1. The van der Waals surface area contributed by atoms with Gasteiger partial charge in [0, 0.05) is 17.8 Å². The maximum absolute atomic E-state index is 4.47. The van der Waals surface area contributed by atoms with E-state index >= 15 is 0 Å². The maximum atomic E-state index is 4.47. The van der Waals surface area contributed by atoms with Gasteiger partial charge in [0.2, 0.25) is 0 Å². The van der Waals surface area contributed by atoms with Crippen LogP contribution < -0.4 is 5.32 Å². The summed E-state index contributed by atoms with van der Waals surface area (Å²) < 4.78 is 1.95. The summed E-state index contributed by atoms with van der Waals surface area (Å²) in [7, 11) is 0. The Morgan fingerprint density at radius 1 is 1.16 bits per heavy atom. The fourth-order valence-corrected chi connectivity index (χ4v) is 2.23. The molecule has 3 nitrogen and oxygen atoms in total. The summed E-state index contributed by atoms with van der Waals surface area (Å²) in [6.07, 6.45) is 7.61. The highest BCUT2D eigenvalue weighted by Gasteiger charge is 2.12. The van der Waals surface area contributed by atoms with Crippen molar-refractivity contribution in [3.8, 4) is 5.69 Å². The number of nitrogens with zero attached hydrogens (tertiary/aromatic N) is 2. The number of benzene rings is 1. The van der Waals surface area contributed by atoms with Crippen molar-refractivity contribution in [2.45, 2.75) is 39.2 Å². The minimum atomic E-state index is 0.419. The van der Waals surface area contributed by atoms with Crippen molar-refractivity contribution in [1.29, 1.82) is 0 Å². The number of hydrogen-bond donors (Lipinski definition) is 1. The topological polar surface area (TPSA) is 29.9 Å². The lowest BCUT2D eigenvalue weighted by atomic mass is 10.1. The molecular formula is C16H23N3. The highest BCUT2D eigenvalue weighted by atomic mass is 15.3. The van der Waals surface area contributed by atoms with Gasteiger partial charge in [-0.1, -0.05) is 38.5 Å². The second-order valence-corrected chi connectivity index (χ2v) is 4.85. The maximum Gasteiger partial charge on any atom is 0.0645 e. The van der Waals surface area contributed by atoms with Gasteiger partial charge in [-0.25, -0.2) is 4.68 Å². The van der Waals surface area contributed by atoms with Crippen LogP contribution in [0.1, 0.15) is 44.7 Å². The molecule has 0 aliphatic carbocycles. The summed E-state index contributed by atoms with van der Waals surface area (Å²) in [6, 6.07) is 10.7. The highest BCUT2D eigenvalue weighted by Crippen LogP contribution is 2.19. The lowest BCUT2D eigenvalue weighted by molar-refractivity contribution is 0.494. The van der Waals surface area contributed by atoms with Gasteiger partial charge in [0.25, 0.3) is 0 Å². The molecule has 1 atom stereocenters. The molecule has 0 saturated carbocycles. The van der Waals surface area contributed by atoms with Gasteiger partial charge in [0.05, 0.1) is 11.9 Å². The van der Waals surface area contributed by atoms with Crippen molar-refractivity contribution in [2.24, 2.45) is 0 Å². The Morgan fingerprint density at radius 2 is 1.95 bits per heavy atom. The summed E-state index contributed by atoms with van der Waals surface area (Å²) >= 11 is 0. The average Bonchev–Trinajstić information content (AvgIpc) is 2.94. The number of hydrogen-bond acceptors (Lipinski definition) is 2. The van der Waals surface area contributed by atoms with Gasteiger partial charge in [0.1, 0.15) is 0 Å². The van der Waals surface area contributed by atoms with Gasteiger partial charge < -0.3 is 5.32 Å². The van der Waals surface area contributed by atoms with Crippen LogP contribution in [0.4, 0.5) is 0 Å². The standard InChI is InChI=1S/C16H23N3/c1-3-8-16(17-11-4-2)14-12-18-19(13-14)15-9-6-5-7-10-15/h5-7,9-10,12-13,16-17H,3-4,8,11H2,1-2H3. The molecule has 0 aliphatic heterocycles. The lowest BCUT2D eigenvalue weighted by Crippen LogP contribution is -2.21. The third kappa shape index (κ3) is 3.67. The van der Waals surface area contributed by atoms with Gasteiger partial charge >= 0.3 is 0 Å². The molecule has 0 aliphatic rings. The minimum Gasteiger partial charge on any atom is -0.310 e. The average molecular weight is 257 g/mol. The van der Waals surface area contributed by atoms with E-state index in [1.807, 2.05) is 29.1 Å². The van der Waals surface area contributed by atoms with Crippen LogP contribution in [0.3, 0.4) is 0 Å². The fraction of sp³-hybridized carbons (Fsp3) is 0.438. The van der Waals surface area contributed by atoms with Crippen molar-refractivity contribution >= 4 is 0 Å². The number of para-hydroxylation sites is 1. The predicted octanol–water partition coefficient (Wildman–Crippen LogP) is 3.71. The molecule has 1 heterocycles. The van der Waals surface area contributed by atoms with Crippen LogP contribution in [0.25, 0.3) is 5.69 Å². The third-order valence-electron chi connectivity index (χ3n) is 3.24. The molecule has 2 rings (SSSR count). The summed E-state index contributed by atoms with van der Waals surface area (Å²) in [5, 5.41) is 8.07. The normalized spacial score (nSPS) is 12.5. The molecule has 1 aromatic heterocycles. The summed E-state index contributed by atoms with van der Waals surface area (Å²) in [5.74, 6) is 0. The van der Waals surface area contributed by atoms with E-state index in [9.17, 15) is 0 Å². The first-order valence-electron chi connectivity index (χ1n) is 7.18. The van der Waals surface area contributed by atoms with E-state index in [1.165, 1.54) is 12.0 Å². The van der Waals surface area contributed by atoms with Crippen LogP contribution in [0.5, 0.6) is 0 Å². The molecule has 1 N–H and O–H groups in total. The fourth-order valence-electron chi connectivity index (χ4n) is 2.23. The van der Waals surface area contributed by atoms with Gasteiger partial charge in [-0.05, 0) is 31.5 Å². The lowest BCUT2D eigenvalue weighted by Gasteiger charge is -2.15. The molecule has 0 amide bonds. The molecular weight excluding hydrogens is 234 g/mol. The van der Waals surface area contributed by atoms with Crippen LogP contribution in [-0.4, -0.2) is 16.3 Å². The van der Waals surface area contributed by atoms with Gasteiger partial charge in [-0.2, -0.15) is 5.10 Å². The van der Waals surface area contributed by atoms with Crippen LogP contribution in [-0.2, 0) is 0 Å². The largest absolute Gasteiger partial charge is 0.310 e. The van der Waals surface area contributed by atoms with Crippen LogP contribution in [0.2, 0.25) is 0 Å². The van der Waals surface area contributed by atoms with E-state index < -0.39 is 0 Å². The second kappa shape index (κ2) is 7.10. The van der Waals surface area contributed by atoms with Crippen molar-refractivity contribution in [3.05, 3.63) is 48.3 Å². The van der Waals surface area contributed by atoms with Crippen molar-refractivity contribution in [1.82, 2.24) is 15.1 Å². The number of rotatable bonds is 7. The molecule has 0 bridgehead atoms. The first-order chi connectivity index (χ1) is 9.35. The zero-order chi connectivity index (χ0) is 13.5. The summed E-state index contributed by atoms with van der Waals surface area (Å²) in [5.41, 5.74) is 2.39. The summed E-state index contributed by atoms with van der Waals surface area (Å²) in [4.78, 5) is 0. The summed E-state index contributed by atoms with van der Waals surface area (Å²) in [6.45, 7) is 5.48. The molecule has 0 spiro atoms. The zero-order valence-corrected chi connectivity index (χ0v) is 11.8. The highest BCUT2D eigenvalue weighted by molar-refractivity contribution is 5.31. The Hall–Kier alpha value is -1.61. The minimum absolute atomic E-state index is 0.419. The van der Waals surface area contributed by atoms with E-state index in [4.69, 9.17) is 0 Å². The zero-order valence-electron chi connectivity index (χ0n) is 11.8. The van der Waals surface area contributed by atoms with E-state index in [2.05, 4.69) is 42.6 Å². The molecule has 3 heteroatoms. The molecule has 2 aromatic rings. The van der Waals surface area contributed by atoms with E-state index in [0.717, 1.165) is 25.1 Å². The molecule has 0 fully saturated rings. The van der Waals surface area contributed by atoms with Crippen molar-refractivity contribution < 1.29 is 0 Å². The Labute approximate surface area is 115 Å². The molecule has 19 heavy (non-hydrogen) atoms.